The van der Waals surface area contributed by atoms with Gasteiger partial charge in [-0.25, -0.2) is 12.7 Å². The summed E-state index contributed by atoms with van der Waals surface area (Å²) in [6.45, 7) is 5.21. The third-order valence-electron chi connectivity index (χ3n) is 3.77. The van der Waals surface area contributed by atoms with Crippen molar-refractivity contribution in [1.29, 1.82) is 0 Å². The lowest BCUT2D eigenvalue weighted by Gasteiger charge is -2.35. The monoisotopic (exact) mass is 255 g/mol. The second kappa shape index (κ2) is 4.58. The molecular weight excluding hydrogens is 234 g/mol. The van der Waals surface area contributed by atoms with Crippen molar-refractivity contribution < 1.29 is 8.42 Å². The molecule has 1 unspecified atom stereocenters. The second-order valence-corrected chi connectivity index (χ2v) is 7.66. The summed E-state index contributed by atoms with van der Waals surface area (Å²) in [5.74, 6) is 0. The summed E-state index contributed by atoms with van der Waals surface area (Å²) in [7, 11) is -3.21. The third kappa shape index (κ3) is 2.33. The molecule has 1 aliphatic carbocycles. The van der Waals surface area contributed by atoms with Crippen LogP contribution in [-0.4, -0.2) is 30.6 Å². The third-order valence-corrected chi connectivity index (χ3v) is 6.30. The van der Waals surface area contributed by atoms with E-state index < -0.39 is 14.8 Å². The molecule has 0 saturated carbocycles. The first kappa shape index (κ1) is 12.8. The van der Waals surface area contributed by atoms with Crippen LogP contribution in [0.1, 0.15) is 39.5 Å². The number of sulfonamides is 1. The lowest BCUT2D eigenvalue weighted by molar-refractivity contribution is 0.337. The lowest BCUT2D eigenvalue weighted by atomic mass is 9.98. The maximum Gasteiger partial charge on any atom is 0.223 e. The van der Waals surface area contributed by atoms with Crippen molar-refractivity contribution in [3.8, 4) is 0 Å². The molecule has 96 valence electrons. The smallest absolute Gasteiger partial charge is 0.211 e. The van der Waals surface area contributed by atoms with Crippen LogP contribution in [0.3, 0.4) is 0 Å². The van der Waals surface area contributed by atoms with Gasteiger partial charge in [-0.15, -0.1) is 0 Å². The first-order valence-corrected chi connectivity index (χ1v) is 7.75. The van der Waals surface area contributed by atoms with Crippen molar-refractivity contribution in [3.63, 3.8) is 0 Å². The Morgan fingerprint density at radius 1 is 1.24 bits per heavy atom. The van der Waals surface area contributed by atoms with E-state index >= 15 is 0 Å². The zero-order valence-corrected chi connectivity index (χ0v) is 11.5. The van der Waals surface area contributed by atoms with Crippen LogP contribution in [0.15, 0.2) is 23.8 Å². The fourth-order valence-electron chi connectivity index (χ4n) is 2.40. The molecule has 0 aromatic carbocycles. The molecule has 0 amide bonds. The van der Waals surface area contributed by atoms with E-state index in [2.05, 4.69) is 0 Å². The van der Waals surface area contributed by atoms with Crippen LogP contribution in [0, 0.1) is 0 Å². The minimum absolute atomic E-state index is 0.591. The molecule has 2 rings (SSSR count). The van der Waals surface area contributed by atoms with Crippen LogP contribution in [0.4, 0.5) is 0 Å². The van der Waals surface area contributed by atoms with Crippen molar-refractivity contribution >= 4 is 10.0 Å². The minimum atomic E-state index is -3.21. The number of hydrogen-bond acceptors (Lipinski definition) is 2. The maximum atomic E-state index is 12.6. The Labute approximate surface area is 104 Å². The summed E-state index contributed by atoms with van der Waals surface area (Å²) in [5, 5.41) is 0. The summed E-state index contributed by atoms with van der Waals surface area (Å²) >= 11 is 0. The van der Waals surface area contributed by atoms with Gasteiger partial charge in [0.25, 0.3) is 0 Å². The molecular formula is C13H21NO2S. The van der Waals surface area contributed by atoms with Crippen LogP contribution >= 0.6 is 0 Å². The summed E-state index contributed by atoms with van der Waals surface area (Å²) in [6, 6.07) is 0. The largest absolute Gasteiger partial charge is 0.223 e. The molecule has 0 aromatic heterocycles. The van der Waals surface area contributed by atoms with Gasteiger partial charge < -0.3 is 0 Å². The van der Waals surface area contributed by atoms with Gasteiger partial charge in [-0.1, -0.05) is 30.2 Å². The molecule has 0 bridgehead atoms. The molecule has 1 aliphatic heterocycles. The summed E-state index contributed by atoms with van der Waals surface area (Å²) in [4.78, 5) is 0. The molecule has 1 heterocycles. The van der Waals surface area contributed by atoms with E-state index in [0.717, 1.165) is 24.8 Å². The van der Waals surface area contributed by atoms with E-state index in [4.69, 9.17) is 0 Å². The van der Waals surface area contributed by atoms with Crippen LogP contribution in [0.25, 0.3) is 0 Å². The van der Waals surface area contributed by atoms with Gasteiger partial charge in [0.15, 0.2) is 0 Å². The van der Waals surface area contributed by atoms with Crippen LogP contribution in [0.5, 0.6) is 0 Å². The molecule has 0 radical (unpaired) electrons. The zero-order chi connectivity index (χ0) is 12.5. The Kier molecular flexibility index (Phi) is 3.46. The molecule has 2 aliphatic rings. The normalized spacial score (nSPS) is 31.3. The molecule has 1 fully saturated rings. The van der Waals surface area contributed by atoms with Crippen LogP contribution < -0.4 is 0 Å². The summed E-state index contributed by atoms with van der Waals surface area (Å²) in [5.41, 5.74) is 1.15. The first-order valence-electron chi connectivity index (χ1n) is 6.31. The standard InChI is InChI=1S/C13H21NO2S/c1-12-6-8-13(2,9-7-12)17(15,16)14-10-4-3-5-11-14/h6-8H,3-5,9-11H2,1-2H3. The van der Waals surface area contributed by atoms with Crippen molar-refractivity contribution in [2.24, 2.45) is 0 Å². The molecule has 17 heavy (non-hydrogen) atoms. The fourth-order valence-corrected chi connectivity index (χ4v) is 4.26. The lowest BCUT2D eigenvalue weighted by Crippen LogP contribution is -2.47. The highest BCUT2D eigenvalue weighted by Gasteiger charge is 2.41. The highest BCUT2D eigenvalue weighted by Crippen LogP contribution is 2.32. The number of allylic oxidation sites excluding steroid dienone is 3. The number of nitrogens with zero attached hydrogens (tertiary/aromatic N) is 1. The SMILES string of the molecule is CC1=CCC(C)(S(=O)(=O)N2CCCCC2)C=C1. The molecule has 3 nitrogen and oxygen atoms in total. The Bertz CT molecular complexity index is 444. The van der Waals surface area contributed by atoms with Crippen molar-refractivity contribution in [3.05, 3.63) is 23.8 Å². The molecule has 1 atom stereocenters. The first-order chi connectivity index (χ1) is 7.96. The van der Waals surface area contributed by atoms with E-state index in [0.29, 0.717) is 19.5 Å². The van der Waals surface area contributed by atoms with E-state index in [9.17, 15) is 8.42 Å². The average molecular weight is 255 g/mol. The maximum absolute atomic E-state index is 12.6. The van der Waals surface area contributed by atoms with Gasteiger partial charge in [-0.2, -0.15) is 0 Å². The highest BCUT2D eigenvalue weighted by molar-refractivity contribution is 7.90. The Morgan fingerprint density at radius 3 is 2.41 bits per heavy atom. The highest BCUT2D eigenvalue weighted by atomic mass is 32.2. The summed E-state index contributed by atoms with van der Waals surface area (Å²) in [6.07, 6.45) is 9.52. The number of hydrogen-bond donors (Lipinski definition) is 0. The molecule has 0 N–H and O–H groups in total. The second-order valence-electron chi connectivity index (χ2n) is 5.26. The van der Waals surface area contributed by atoms with Crippen LogP contribution in [-0.2, 0) is 10.0 Å². The van der Waals surface area contributed by atoms with Gasteiger partial charge in [0.2, 0.25) is 10.0 Å². The molecule has 4 heteroatoms. The Hall–Kier alpha value is -0.610. The molecule has 0 spiro atoms. The molecule has 1 saturated heterocycles. The minimum Gasteiger partial charge on any atom is -0.211 e. The fraction of sp³-hybridized carbons (Fsp3) is 0.692. The van der Waals surface area contributed by atoms with E-state index in [1.165, 1.54) is 0 Å². The molecule has 0 aromatic rings. The predicted octanol–water partition coefficient (Wildman–Crippen LogP) is 2.47. The summed E-state index contributed by atoms with van der Waals surface area (Å²) < 4.78 is 26.2. The van der Waals surface area contributed by atoms with E-state index in [1.807, 2.05) is 32.1 Å². The topological polar surface area (TPSA) is 37.4 Å². The van der Waals surface area contributed by atoms with Gasteiger partial charge in [0.05, 0.1) is 0 Å². The Morgan fingerprint density at radius 2 is 1.88 bits per heavy atom. The van der Waals surface area contributed by atoms with Gasteiger partial charge >= 0.3 is 0 Å². The predicted molar refractivity (Wildman–Crippen MR) is 70.3 cm³/mol. The average Bonchev–Trinajstić information content (AvgIpc) is 2.34. The Balaban J connectivity index is 2.23. The van der Waals surface area contributed by atoms with Gasteiger partial charge in [-0.05, 0) is 33.1 Å². The van der Waals surface area contributed by atoms with Gasteiger partial charge in [-0.3, -0.25) is 0 Å². The zero-order valence-electron chi connectivity index (χ0n) is 10.6. The van der Waals surface area contributed by atoms with Gasteiger partial charge in [0.1, 0.15) is 4.75 Å². The van der Waals surface area contributed by atoms with Crippen LogP contribution in [0.2, 0.25) is 0 Å². The van der Waals surface area contributed by atoms with Gasteiger partial charge in [0, 0.05) is 13.1 Å². The van der Waals surface area contributed by atoms with E-state index in [1.54, 1.807) is 4.31 Å². The van der Waals surface area contributed by atoms with Crippen molar-refractivity contribution in [1.82, 2.24) is 4.31 Å². The number of piperidine rings is 1. The van der Waals surface area contributed by atoms with E-state index in [-0.39, 0.29) is 0 Å². The van der Waals surface area contributed by atoms with Crippen molar-refractivity contribution in [2.45, 2.75) is 44.3 Å². The quantitative estimate of drug-likeness (QED) is 0.760. The number of rotatable bonds is 2. The van der Waals surface area contributed by atoms with Crippen molar-refractivity contribution in [2.75, 3.05) is 13.1 Å².